The van der Waals surface area contributed by atoms with E-state index in [0.717, 1.165) is 11.0 Å². The van der Waals surface area contributed by atoms with E-state index in [9.17, 15) is 23.2 Å². The van der Waals surface area contributed by atoms with Crippen LogP contribution in [0.25, 0.3) is 0 Å². The maximum absolute atomic E-state index is 13.3. The van der Waals surface area contributed by atoms with E-state index in [2.05, 4.69) is 0 Å². The number of benzene rings is 1. The minimum Gasteiger partial charge on any atom is -0.297 e. The zero-order valence-corrected chi connectivity index (χ0v) is 11.2. The molecule has 0 aliphatic carbocycles. The minimum absolute atomic E-state index is 0.0752. The van der Waals surface area contributed by atoms with Crippen LogP contribution in [0.5, 0.6) is 0 Å². The van der Waals surface area contributed by atoms with E-state index in [1.54, 1.807) is 17.5 Å². The summed E-state index contributed by atoms with van der Waals surface area (Å²) in [6.07, 6.45) is 0. The number of rotatable bonds is 3. The molecule has 21 heavy (non-hydrogen) atoms. The van der Waals surface area contributed by atoms with Crippen LogP contribution in [0.3, 0.4) is 0 Å². The smallest absolute Gasteiger partial charge is 0.297 e. The normalized spacial score (nSPS) is 13.7. The van der Waals surface area contributed by atoms with Crippen LogP contribution in [0, 0.1) is 11.6 Å². The number of halogens is 2. The summed E-state index contributed by atoms with van der Waals surface area (Å²) in [6.45, 7) is -0.386. The summed E-state index contributed by atoms with van der Waals surface area (Å²) in [7, 11) is 0. The van der Waals surface area contributed by atoms with E-state index in [0.29, 0.717) is 10.9 Å². The lowest BCUT2D eigenvalue weighted by Crippen LogP contribution is -2.34. The Bertz CT molecular complexity index is 771. The Morgan fingerprint density at radius 2 is 1.90 bits per heavy atom. The molecule has 2 heterocycles. The molecule has 1 aliphatic rings. The molecular formula is C14H7F2NO3S. The number of Topliss-reactive ketones (excluding diaryl/α,β-unsaturated/α-hetero) is 2. The standard InChI is InChI=1S/C14H7F2NO3S/c15-8-4-7-10(5-9(8)16)17(14(20)13(7)19)6-11(18)12-2-1-3-21-12/h1-5H,6H2. The number of carbonyl (C=O) groups is 3. The van der Waals surface area contributed by atoms with Crippen molar-refractivity contribution in [1.29, 1.82) is 0 Å². The first-order valence-electron chi connectivity index (χ1n) is 5.91. The van der Waals surface area contributed by atoms with Gasteiger partial charge in [0.25, 0.3) is 11.7 Å². The highest BCUT2D eigenvalue weighted by atomic mass is 32.1. The molecule has 3 rings (SSSR count). The maximum Gasteiger partial charge on any atom is 0.299 e. The number of hydrogen-bond acceptors (Lipinski definition) is 4. The molecule has 1 aliphatic heterocycles. The molecule has 0 saturated carbocycles. The molecule has 1 aromatic carbocycles. The average Bonchev–Trinajstić information content (AvgIpc) is 3.05. The van der Waals surface area contributed by atoms with Crippen LogP contribution in [0.4, 0.5) is 14.5 Å². The monoisotopic (exact) mass is 307 g/mol. The molecule has 0 fully saturated rings. The molecule has 1 amide bonds. The van der Waals surface area contributed by atoms with Gasteiger partial charge in [0.2, 0.25) is 0 Å². The molecule has 0 radical (unpaired) electrons. The second-order valence-electron chi connectivity index (χ2n) is 4.40. The maximum atomic E-state index is 13.3. The van der Waals surface area contributed by atoms with E-state index < -0.39 is 23.3 Å². The molecular weight excluding hydrogens is 300 g/mol. The van der Waals surface area contributed by atoms with Crippen LogP contribution in [-0.2, 0) is 4.79 Å². The fourth-order valence-electron chi connectivity index (χ4n) is 2.10. The zero-order chi connectivity index (χ0) is 15.1. The van der Waals surface area contributed by atoms with Crippen molar-refractivity contribution in [1.82, 2.24) is 0 Å². The quantitative estimate of drug-likeness (QED) is 0.646. The average molecular weight is 307 g/mol. The third-order valence-electron chi connectivity index (χ3n) is 3.11. The number of fused-ring (bicyclic) bond motifs is 1. The predicted molar refractivity (Wildman–Crippen MR) is 71.7 cm³/mol. The van der Waals surface area contributed by atoms with E-state index in [1.807, 2.05) is 0 Å². The lowest BCUT2D eigenvalue weighted by Gasteiger charge is -2.15. The van der Waals surface area contributed by atoms with Crippen molar-refractivity contribution in [3.63, 3.8) is 0 Å². The Morgan fingerprint density at radius 3 is 2.57 bits per heavy atom. The first-order chi connectivity index (χ1) is 9.99. The first kappa shape index (κ1) is 13.6. The van der Waals surface area contributed by atoms with Gasteiger partial charge in [-0.05, 0) is 17.5 Å². The zero-order valence-electron chi connectivity index (χ0n) is 10.4. The van der Waals surface area contributed by atoms with Gasteiger partial charge in [-0.2, -0.15) is 0 Å². The van der Waals surface area contributed by atoms with Gasteiger partial charge in [-0.3, -0.25) is 19.3 Å². The van der Waals surface area contributed by atoms with E-state index in [-0.39, 0.29) is 23.6 Å². The topological polar surface area (TPSA) is 54.5 Å². The second kappa shape index (κ2) is 4.85. The SMILES string of the molecule is O=C(CN1C(=O)C(=O)c2cc(F)c(F)cc21)c1cccs1. The number of nitrogens with zero attached hydrogens (tertiary/aromatic N) is 1. The molecule has 2 aromatic rings. The largest absolute Gasteiger partial charge is 0.299 e. The van der Waals surface area contributed by atoms with Crippen molar-refractivity contribution in [2.45, 2.75) is 0 Å². The van der Waals surface area contributed by atoms with Crippen LogP contribution in [0.1, 0.15) is 20.0 Å². The number of ketones is 2. The Kier molecular flexibility index (Phi) is 3.13. The van der Waals surface area contributed by atoms with Gasteiger partial charge >= 0.3 is 0 Å². The molecule has 4 nitrogen and oxygen atoms in total. The fourth-order valence-corrected chi connectivity index (χ4v) is 2.76. The van der Waals surface area contributed by atoms with Crippen LogP contribution < -0.4 is 4.90 Å². The summed E-state index contributed by atoms with van der Waals surface area (Å²) in [6, 6.07) is 4.70. The van der Waals surface area contributed by atoms with Gasteiger partial charge in [0.1, 0.15) is 0 Å². The molecule has 0 spiro atoms. The van der Waals surface area contributed by atoms with Crippen molar-refractivity contribution in [2.24, 2.45) is 0 Å². The summed E-state index contributed by atoms with van der Waals surface area (Å²) in [5.74, 6) is -4.65. The second-order valence-corrected chi connectivity index (χ2v) is 5.35. The van der Waals surface area contributed by atoms with E-state index >= 15 is 0 Å². The molecule has 106 valence electrons. The van der Waals surface area contributed by atoms with Crippen molar-refractivity contribution in [3.8, 4) is 0 Å². The highest BCUT2D eigenvalue weighted by Gasteiger charge is 2.38. The van der Waals surface area contributed by atoms with Gasteiger partial charge in [-0.15, -0.1) is 11.3 Å². The molecule has 0 unspecified atom stereocenters. The predicted octanol–water partition coefficient (Wildman–Crippen LogP) is 2.44. The number of anilines is 1. The van der Waals surface area contributed by atoms with Crippen LogP contribution in [0.2, 0.25) is 0 Å². The number of thiophene rings is 1. The Labute approximate surface area is 121 Å². The van der Waals surface area contributed by atoms with Gasteiger partial charge in [0.05, 0.1) is 22.7 Å². The van der Waals surface area contributed by atoms with Crippen molar-refractivity contribution >= 4 is 34.5 Å². The number of amides is 1. The lowest BCUT2D eigenvalue weighted by atomic mass is 10.1. The van der Waals surface area contributed by atoms with Crippen molar-refractivity contribution in [3.05, 3.63) is 51.7 Å². The van der Waals surface area contributed by atoms with Gasteiger partial charge in [-0.25, -0.2) is 8.78 Å². The molecule has 7 heteroatoms. The Balaban J connectivity index is 1.98. The van der Waals surface area contributed by atoms with Gasteiger partial charge in [0.15, 0.2) is 17.4 Å². The van der Waals surface area contributed by atoms with Crippen LogP contribution in [-0.4, -0.2) is 24.0 Å². The summed E-state index contributed by atoms with van der Waals surface area (Å²) >= 11 is 1.20. The summed E-state index contributed by atoms with van der Waals surface area (Å²) in [5, 5.41) is 1.70. The van der Waals surface area contributed by atoms with Crippen LogP contribution >= 0.6 is 11.3 Å². The van der Waals surface area contributed by atoms with Crippen molar-refractivity contribution < 1.29 is 23.2 Å². The van der Waals surface area contributed by atoms with E-state index in [4.69, 9.17) is 0 Å². The van der Waals surface area contributed by atoms with Crippen LogP contribution in [0.15, 0.2) is 29.6 Å². The van der Waals surface area contributed by atoms with Gasteiger partial charge in [0, 0.05) is 6.07 Å². The highest BCUT2D eigenvalue weighted by Crippen LogP contribution is 2.31. The van der Waals surface area contributed by atoms with Gasteiger partial charge < -0.3 is 0 Å². The molecule has 0 N–H and O–H groups in total. The Morgan fingerprint density at radius 1 is 1.19 bits per heavy atom. The van der Waals surface area contributed by atoms with Crippen molar-refractivity contribution in [2.75, 3.05) is 11.4 Å². The lowest BCUT2D eigenvalue weighted by molar-refractivity contribution is -0.114. The molecule has 0 atom stereocenters. The van der Waals surface area contributed by atoms with Gasteiger partial charge in [-0.1, -0.05) is 6.07 Å². The summed E-state index contributed by atoms with van der Waals surface area (Å²) in [5.41, 5.74) is -0.299. The third-order valence-corrected chi connectivity index (χ3v) is 4.02. The van der Waals surface area contributed by atoms with E-state index in [1.165, 1.54) is 11.3 Å². The summed E-state index contributed by atoms with van der Waals surface area (Å²) < 4.78 is 26.5. The summed E-state index contributed by atoms with van der Waals surface area (Å²) in [4.78, 5) is 36.9. The number of hydrogen-bond donors (Lipinski definition) is 0. The fraction of sp³-hybridized carbons (Fsp3) is 0.0714. The molecule has 0 saturated heterocycles. The minimum atomic E-state index is -1.21. The third kappa shape index (κ3) is 2.15. The molecule has 1 aromatic heterocycles. The molecule has 0 bridgehead atoms. The number of carbonyl (C=O) groups excluding carboxylic acids is 3. The first-order valence-corrected chi connectivity index (χ1v) is 6.79. The highest BCUT2D eigenvalue weighted by molar-refractivity contribution is 7.12. The Hall–Kier alpha value is -2.41.